The Balaban J connectivity index is 1.39. The summed E-state index contributed by atoms with van der Waals surface area (Å²) in [5.41, 5.74) is 5.49. The maximum Gasteiger partial charge on any atom is 0.223 e. The van der Waals surface area contributed by atoms with E-state index >= 15 is 4.39 Å². The second kappa shape index (κ2) is 10.1. The smallest absolute Gasteiger partial charge is 0.223 e. The number of ether oxygens (including phenoxy) is 2. The molecule has 2 saturated heterocycles. The van der Waals surface area contributed by atoms with Crippen LogP contribution in [0.1, 0.15) is 55.7 Å². The summed E-state index contributed by atoms with van der Waals surface area (Å²) < 4.78 is 26.3. The number of pyridine rings is 1. The molecule has 2 atom stereocenters. The second-order valence-electron chi connectivity index (χ2n) is 11.3. The van der Waals surface area contributed by atoms with E-state index in [1.165, 1.54) is 30.2 Å². The Labute approximate surface area is 222 Å². The molecule has 9 heteroatoms. The topological polar surface area (TPSA) is 92.6 Å². The van der Waals surface area contributed by atoms with Gasteiger partial charge in [0.15, 0.2) is 5.82 Å². The molecule has 0 bridgehead atoms. The van der Waals surface area contributed by atoms with Crippen LogP contribution in [-0.2, 0) is 16.0 Å². The predicted molar refractivity (Wildman–Crippen MR) is 144 cm³/mol. The predicted octanol–water partition coefficient (Wildman–Crippen LogP) is 4.19. The monoisotopic (exact) mass is 521 g/mol. The lowest BCUT2D eigenvalue weighted by atomic mass is 9.89. The number of fused-ring (bicyclic) bond motifs is 1. The summed E-state index contributed by atoms with van der Waals surface area (Å²) >= 11 is 0. The molecule has 2 aliphatic heterocycles. The molecule has 1 aromatic carbocycles. The summed E-state index contributed by atoms with van der Waals surface area (Å²) in [5, 5.41) is 14.5. The van der Waals surface area contributed by atoms with Crippen molar-refractivity contribution < 1.29 is 19.0 Å². The summed E-state index contributed by atoms with van der Waals surface area (Å²) in [4.78, 5) is 16.1. The summed E-state index contributed by atoms with van der Waals surface area (Å²) in [6.45, 7) is 10.6. The van der Waals surface area contributed by atoms with Gasteiger partial charge in [-0.15, -0.1) is 0 Å². The zero-order chi connectivity index (χ0) is 26.4. The third kappa shape index (κ3) is 4.66. The number of anilines is 1. The van der Waals surface area contributed by atoms with Crippen LogP contribution in [0.3, 0.4) is 0 Å². The number of halogens is 1. The van der Waals surface area contributed by atoms with Gasteiger partial charge in [-0.2, -0.15) is 0 Å². The molecule has 2 N–H and O–H groups in total. The van der Waals surface area contributed by atoms with Crippen LogP contribution in [0.5, 0.6) is 0 Å². The summed E-state index contributed by atoms with van der Waals surface area (Å²) in [7, 11) is 0. The van der Waals surface area contributed by atoms with E-state index in [-0.39, 0.29) is 29.8 Å². The summed E-state index contributed by atoms with van der Waals surface area (Å²) in [5.74, 6) is 0.0812. The molecule has 38 heavy (non-hydrogen) atoms. The Morgan fingerprint density at radius 2 is 2.03 bits per heavy atom. The first-order valence-electron chi connectivity index (χ1n) is 13.7. The van der Waals surface area contributed by atoms with Crippen LogP contribution in [0.2, 0.25) is 0 Å². The van der Waals surface area contributed by atoms with Gasteiger partial charge in [-0.25, -0.2) is 14.4 Å². The molecule has 1 aliphatic carbocycles. The van der Waals surface area contributed by atoms with E-state index in [9.17, 15) is 5.11 Å². The fourth-order valence-corrected chi connectivity index (χ4v) is 6.07. The van der Waals surface area contributed by atoms with Gasteiger partial charge in [-0.3, -0.25) is 9.88 Å². The fourth-order valence-electron chi connectivity index (χ4n) is 6.07. The minimum Gasteiger partial charge on any atom is -0.389 e. The average Bonchev–Trinajstić information content (AvgIpc) is 3.68. The van der Waals surface area contributed by atoms with Gasteiger partial charge in [0.25, 0.3) is 0 Å². The normalized spacial score (nSPS) is 23.3. The number of benzene rings is 1. The van der Waals surface area contributed by atoms with E-state index < -0.39 is 11.9 Å². The highest BCUT2D eigenvalue weighted by atomic mass is 19.1. The van der Waals surface area contributed by atoms with Crippen LogP contribution in [0.4, 0.5) is 10.3 Å². The number of aryl methyl sites for hydroxylation is 1. The van der Waals surface area contributed by atoms with Crippen molar-refractivity contribution in [2.75, 3.05) is 38.3 Å². The zero-order valence-corrected chi connectivity index (χ0v) is 22.3. The lowest BCUT2D eigenvalue weighted by molar-refractivity contribution is -0.0246. The van der Waals surface area contributed by atoms with Gasteiger partial charge in [0, 0.05) is 42.4 Å². The number of morpholine rings is 1. The number of aromatic nitrogens is 3. The van der Waals surface area contributed by atoms with E-state index in [2.05, 4.69) is 34.0 Å². The lowest BCUT2D eigenvalue weighted by Crippen LogP contribution is -2.47. The van der Waals surface area contributed by atoms with E-state index in [4.69, 9.17) is 14.5 Å². The third-order valence-corrected chi connectivity index (χ3v) is 8.37. The van der Waals surface area contributed by atoms with Crippen molar-refractivity contribution in [2.24, 2.45) is 0 Å². The fraction of sp³-hybridized carbons (Fsp3) is 0.552. The Bertz CT molecular complexity index is 1350. The quantitative estimate of drug-likeness (QED) is 0.499. The van der Waals surface area contributed by atoms with Gasteiger partial charge < -0.3 is 19.9 Å². The minimum absolute atomic E-state index is 0.184. The molecular weight excluding hydrogens is 485 g/mol. The molecule has 2 aromatic heterocycles. The van der Waals surface area contributed by atoms with Crippen LogP contribution in [0.15, 0.2) is 24.5 Å². The number of aliphatic hydroxyl groups excluding tert-OH is 1. The first kappa shape index (κ1) is 25.6. The van der Waals surface area contributed by atoms with Crippen molar-refractivity contribution in [1.29, 1.82) is 0 Å². The molecule has 0 radical (unpaired) electrons. The SMILES string of the molecule is Cc1c(-c2nc(N[C@@H]3CCOC[C@H]3O)ncc2F)ccc2ncc(CN3CCOCC34CC4)c(C(C)C)c12. The Morgan fingerprint density at radius 1 is 1.18 bits per heavy atom. The molecule has 8 nitrogen and oxygen atoms in total. The maximum atomic E-state index is 15.2. The van der Waals surface area contributed by atoms with Gasteiger partial charge in [-0.05, 0) is 54.9 Å². The van der Waals surface area contributed by atoms with Crippen LogP contribution < -0.4 is 5.32 Å². The van der Waals surface area contributed by atoms with Crippen LogP contribution in [0, 0.1) is 12.7 Å². The van der Waals surface area contributed by atoms with E-state index in [0.717, 1.165) is 48.3 Å². The lowest BCUT2D eigenvalue weighted by Gasteiger charge is -2.36. The highest BCUT2D eigenvalue weighted by molar-refractivity contribution is 5.92. The first-order chi connectivity index (χ1) is 18.4. The second-order valence-corrected chi connectivity index (χ2v) is 11.3. The van der Waals surface area contributed by atoms with Crippen molar-refractivity contribution in [3.63, 3.8) is 0 Å². The number of rotatable bonds is 6. The molecular formula is C29H36FN5O3. The summed E-state index contributed by atoms with van der Waals surface area (Å²) in [6, 6.07) is 3.61. The number of nitrogens with one attached hydrogen (secondary N) is 1. The molecule has 202 valence electrons. The first-order valence-corrected chi connectivity index (χ1v) is 13.7. The van der Waals surface area contributed by atoms with Gasteiger partial charge >= 0.3 is 0 Å². The van der Waals surface area contributed by atoms with Crippen LogP contribution in [0.25, 0.3) is 22.2 Å². The van der Waals surface area contributed by atoms with Crippen molar-refractivity contribution in [2.45, 2.75) is 70.2 Å². The molecule has 4 heterocycles. The Morgan fingerprint density at radius 3 is 2.79 bits per heavy atom. The number of hydrogen-bond acceptors (Lipinski definition) is 8. The maximum absolute atomic E-state index is 15.2. The van der Waals surface area contributed by atoms with Gasteiger partial charge in [0.1, 0.15) is 5.69 Å². The molecule has 3 aliphatic rings. The van der Waals surface area contributed by atoms with Crippen LogP contribution >= 0.6 is 0 Å². The molecule has 3 fully saturated rings. The van der Waals surface area contributed by atoms with Crippen molar-refractivity contribution >= 4 is 16.9 Å². The third-order valence-electron chi connectivity index (χ3n) is 8.37. The molecule has 6 rings (SSSR count). The molecule has 0 unspecified atom stereocenters. The minimum atomic E-state index is -0.664. The van der Waals surface area contributed by atoms with Gasteiger partial charge in [0.05, 0.1) is 43.7 Å². The average molecular weight is 522 g/mol. The summed E-state index contributed by atoms with van der Waals surface area (Å²) in [6.07, 6.45) is 5.55. The molecule has 3 aromatic rings. The van der Waals surface area contributed by atoms with Crippen molar-refractivity contribution in [1.82, 2.24) is 19.9 Å². The largest absolute Gasteiger partial charge is 0.389 e. The highest BCUT2D eigenvalue weighted by Crippen LogP contribution is 2.45. The van der Waals surface area contributed by atoms with Crippen molar-refractivity contribution in [3.8, 4) is 11.3 Å². The number of nitrogens with zero attached hydrogens (tertiary/aromatic N) is 4. The van der Waals surface area contributed by atoms with E-state index in [1.54, 1.807) is 0 Å². The van der Waals surface area contributed by atoms with Gasteiger partial charge in [-0.1, -0.05) is 19.9 Å². The van der Waals surface area contributed by atoms with Crippen LogP contribution in [-0.4, -0.2) is 75.6 Å². The molecule has 1 spiro atoms. The molecule has 0 amide bonds. The number of aliphatic hydroxyl groups is 1. The van der Waals surface area contributed by atoms with E-state index in [0.29, 0.717) is 19.0 Å². The zero-order valence-electron chi connectivity index (χ0n) is 22.3. The molecule has 1 saturated carbocycles. The number of hydrogen-bond donors (Lipinski definition) is 2. The Hall–Kier alpha value is -2.72. The van der Waals surface area contributed by atoms with Gasteiger partial charge in [0.2, 0.25) is 5.95 Å². The van der Waals surface area contributed by atoms with E-state index in [1.807, 2.05) is 25.3 Å². The highest BCUT2D eigenvalue weighted by Gasteiger charge is 2.49. The standard InChI is InChI=1S/C29H36FN5O3/c1-17(2)25-19(14-35-9-11-38-16-29(35)7-8-29)12-31-23-5-4-20(18(3)26(23)25)27-21(30)13-32-28(34-27)33-22-6-10-37-15-24(22)36/h4-5,12-13,17,22,24,36H,6-11,14-16H2,1-3H3,(H,32,33,34)/t22-,24-/m1/s1. The van der Waals surface area contributed by atoms with Crippen molar-refractivity contribution in [3.05, 3.63) is 47.0 Å². The Kier molecular flexibility index (Phi) is 6.80.